The van der Waals surface area contributed by atoms with Gasteiger partial charge in [0, 0.05) is 6.42 Å². The largest absolute Gasteiger partial charge is 0.481 e. The SMILES string of the molecule is CCCCCCCCCC(CCCCCCCCCCC=CCCCCCC(=O)O)CCN(C)C. The summed E-state index contributed by atoms with van der Waals surface area (Å²) in [6.07, 6.45) is 35.8. The van der Waals surface area contributed by atoms with Gasteiger partial charge in [0.1, 0.15) is 0 Å². The lowest BCUT2D eigenvalue weighted by Crippen LogP contribution is -2.17. The third kappa shape index (κ3) is 29.3. The Balaban J connectivity index is 3.56. The summed E-state index contributed by atoms with van der Waals surface area (Å²) in [5, 5.41) is 8.62. The van der Waals surface area contributed by atoms with Crippen LogP contribution in [0.2, 0.25) is 0 Å². The fraction of sp³-hybridized carbons (Fsp3) is 0.906. The molecular formula is C32H63NO2. The Morgan fingerprint density at radius 3 is 1.51 bits per heavy atom. The van der Waals surface area contributed by atoms with Crippen LogP contribution in [0, 0.1) is 5.92 Å². The van der Waals surface area contributed by atoms with Gasteiger partial charge in [0.15, 0.2) is 0 Å². The smallest absolute Gasteiger partial charge is 0.303 e. The van der Waals surface area contributed by atoms with Crippen molar-refractivity contribution in [2.75, 3.05) is 20.6 Å². The number of carbonyl (C=O) groups is 1. The Bertz CT molecular complexity index is 460. The Morgan fingerprint density at radius 2 is 1.06 bits per heavy atom. The normalized spacial score (nSPS) is 12.7. The Labute approximate surface area is 220 Å². The first-order valence-electron chi connectivity index (χ1n) is 15.6. The van der Waals surface area contributed by atoms with E-state index in [1.165, 1.54) is 129 Å². The lowest BCUT2D eigenvalue weighted by molar-refractivity contribution is -0.137. The second kappa shape index (κ2) is 27.8. The van der Waals surface area contributed by atoms with Crippen molar-refractivity contribution in [3.05, 3.63) is 12.2 Å². The molecule has 208 valence electrons. The van der Waals surface area contributed by atoms with Gasteiger partial charge in [0.05, 0.1) is 0 Å². The van der Waals surface area contributed by atoms with Gasteiger partial charge in [-0.2, -0.15) is 0 Å². The number of hydrogen-bond acceptors (Lipinski definition) is 2. The highest BCUT2D eigenvalue weighted by Gasteiger charge is 2.09. The molecule has 0 fully saturated rings. The highest BCUT2D eigenvalue weighted by Crippen LogP contribution is 2.22. The van der Waals surface area contributed by atoms with Gasteiger partial charge in [-0.1, -0.05) is 128 Å². The van der Waals surface area contributed by atoms with Crippen LogP contribution in [-0.2, 0) is 4.79 Å². The number of carboxylic acids is 1. The van der Waals surface area contributed by atoms with Crippen molar-refractivity contribution in [1.82, 2.24) is 4.90 Å². The molecule has 35 heavy (non-hydrogen) atoms. The van der Waals surface area contributed by atoms with Gasteiger partial charge in [0.25, 0.3) is 0 Å². The van der Waals surface area contributed by atoms with Gasteiger partial charge in [0.2, 0.25) is 0 Å². The van der Waals surface area contributed by atoms with Gasteiger partial charge in [-0.05, 0) is 65.1 Å². The molecule has 3 heteroatoms. The van der Waals surface area contributed by atoms with Gasteiger partial charge in [-0.25, -0.2) is 0 Å². The summed E-state index contributed by atoms with van der Waals surface area (Å²) in [6, 6.07) is 0. The molecule has 1 N–H and O–H groups in total. The summed E-state index contributed by atoms with van der Waals surface area (Å²) in [6.45, 7) is 3.55. The van der Waals surface area contributed by atoms with Crippen molar-refractivity contribution in [2.45, 2.75) is 161 Å². The zero-order valence-corrected chi connectivity index (χ0v) is 24.2. The zero-order valence-electron chi connectivity index (χ0n) is 24.2. The highest BCUT2D eigenvalue weighted by atomic mass is 16.4. The van der Waals surface area contributed by atoms with E-state index < -0.39 is 5.97 Å². The summed E-state index contributed by atoms with van der Waals surface area (Å²) < 4.78 is 0. The summed E-state index contributed by atoms with van der Waals surface area (Å²) in [4.78, 5) is 12.8. The highest BCUT2D eigenvalue weighted by molar-refractivity contribution is 5.66. The lowest BCUT2D eigenvalue weighted by Gasteiger charge is -2.19. The second-order valence-corrected chi connectivity index (χ2v) is 11.2. The van der Waals surface area contributed by atoms with Gasteiger partial charge >= 0.3 is 5.97 Å². The van der Waals surface area contributed by atoms with Gasteiger partial charge < -0.3 is 10.0 Å². The molecule has 0 aromatic rings. The van der Waals surface area contributed by atoms with Crippen LogP contribution in [0.4, 0.5) is 0 Å². The van der Waals surface area contributed by atoms with Crippen LogP contribution in [-0.4, -0.2) is 36.6 Å². The molecule has 0 aliphatic heterocycles. The summed E-state index contributed by atoms with van der Waals surface area (Å²) in [5.41, 5.74) is 0. The van der Waals surface area contributed by atoms with Crippen molar-refractivity contribution >= 4 is 5.97 Å². The molecule has 0 saturated heterocycles. The molecule has 0 aromatic carbocycles. The number of hydrogen-bond donors (Lipinski definition) is 1. The Morgan fingerprint density at radius 1 is 0.629 bits per heavy atom. The van der Waals surface area contributed by atoms with E-state index in [0.717, 1.165) is 31.6 Å². The van der Waals surface area contributed by atoms with Crippen molar-refractivity contribution < 1.29 is 9.90 Å². The van der Waals surface area contributed by atoms with Crippen LogP contribution in [0.15, 0.2) is 12.2 Å². The molecule has 0 aliphatic rings. The molecule has 1 atom stereocenters. The van der Waals surface area contributed by atoms with E-state index in [1.807, 2.05) is 0 Å². The monoisotopic (exact) mass is 493 g/mol. The summed E-state index contributed by atoms with van der Waals surface area (Å²) in [7, 11) is 4.43. The lowest BCUT2D eigenvalue weighted by atomic mass is 9.91. The van der Waals surface area contributed by atoms with Crippen molar-refractivity contribution in [3.63, 3.8) is 0 Å². The minimum atomic E-state index is -0.668. The minimum Gasteiger partial charge on any atom is -0.481 e. The first-order chi connectivity index (χ1) is 17.1. The average molecular weight is 494 g/mol. The van der Waals surface area contributed by atoms with Crippen LogP contribution in [0.25, 0.3) is 0 Å². The maximum Gasteiger partial charge on any atom is 0.303 e. The molecule has 0 heterocycles. The average Bonchev–Trinajstić information content (AvgIpc) is 2.82. The van der Waals surface area contributed by atoms with Gasteiger partial charge in [-0.3, -0.25) is 4.79 Å². The molecule has 0 spiro atoms. The summed E-state index contributed by atoms with van der Waals surface area (Å²) in [5.74, 6) is 0.282. The van der Waals surface area contributed by atoms with Crippen molar-refractivity contribution in [3.8, 4) is 0 Å². The number of unbranched alkanes of at least 4 members (excludes halogenated alkanes) is 17. The standard InChI is InChI=1S/C32H63NO2/c1-4-5-6-7-17-20-23-26-31(29-30-33(2)3)27-24-21-18-15-13-11-9-8-10-12-14-16-19-22-25-28-32(34)35/h12,14,31H,4-11,13,15-30H2,1-3H3,(H,34,35). The summed E-state index contributed by atoms with van der Waals surface area (Å²) >= 11 is 0. The van der Waals surface area contributed by atoms with E-state index in [4.69, 9.17) is 5.11 Å². The maximum absolute atomic E-state index is 10.5. The maximum atomic E-state index is 10.5. The molecule has 0 saturated carbocycles. The minimum absolute atomic E-state index is 0.320. The van der Waals surface area contributed by atoms with Crippen LogP contribution in [0.5, 0.6) is 0 Å². The third-order valence-electron chi connectivity index (χ3n) is 7.36. The molecule has 0 amide bonds. The molecule has 1 unspecified atom stereocenters. The predicted molar refractivity (Wildman–Crippen MR) is 155 cm³/mol. The Hall–Kier alpha value is -0.830. The molecular weight excluding hydrogens is 430 g/mol. The third-order valence-corrected chi connectivity index (χ3v) is 7.36. The molecule has 0 aliphatic carbocycles. The van der Waals surface area contributed by atoms with E-state index in [2.05, 4.69) is 38.1 Å². The van der Waals surface area contributed by atoms with Crippen LogP contribution >= 0.6 is 0 Å². The second-order valence-electron chi connectivity index (χ2n) is 11.2. The van der Waals surface area contributed by atoms with E-state index in [1.54, 1.807) is 0 Å². The zero-order chi connectivity index (χ0) is 25.8. The molecule has 0 radical (unpaired) electrons. The number of rotatable bonds is 28. The van der Waals surface area contributed by atoms with E-state index >= 15 is 0 Å². The predicted octanol–water partition coefficient (Wildman–Crippen LogP) is 10.2. The number of carboxylic acid groups (broad SMARTS) is 1. The quantitative estimate of drug-likeness (QED) is 0.0870. The van der Waals surface area contributed by atoms with Gasteiger partial charge in [-0.15, -0.1) is 0 Å². The van der Waals surface area contributed by atoms with E-state index in [0.29, 0.717) is 6.42 Å². The van der Waals surface area contributed by atoms with Crippen molar-refractivity contribution in [2.24, 2.45) is 5.92 Å². The Kier molecular flexibility index (Phi) is 27.1. The topological polar surface area (TPSA) is 40.5 Å². The fourth-order valence-corrected chi connectivity index (χ4v) is 4.97. The molecule has 3 nitrogen and oxygen atoms in total. The number of nitrogens with zero attached hydrogens (tertiary/aromatic N) is 1. The first-order valence-corrected chi connectivity index (χ1v) is 15.6. The van der Waals surface area contributed by atoms with Crippen LogP contribution in [0.3, 0.4) is 0 Å². The van der Waals surface area contributed by atoms with Crippen molar-refractivity contribution in [1.29, 1.82) is 0 Å². The molecule has 0 rings (SSSR count). The first kappa shape index (κ1) is 34.2. The molecule has 0 bridgehead atoms. The molecule has 0 aromatic heterocycles. The number of aliphatic carboxylic acids is 1. The van der Waals surface area contributed by atoms with E-state index in [9.17, 15) is 4.79 Å². The van der Waals surface area contributed by atoms with Crippen LogP contribution < -0.4 is 0 Å². The number of allylic oxidation sites excluding steroid dienone is 2. The van der Waals surface area contributed by atoms with E-state index in [-0.39, 0.29) is 0 Å². The van der Waals surface area contributed by atoms with Crippen LogP contribution in [0.1, 0.15) is 161 Å². The fourth-order valence-electron chi connectivity index (χ4n) is 4.97.